The van der Waals surface area contributed by atoms with Crippen molar-refractivity contribution in [1.29, 1.82) is 0 Å². The van der Waals surface area contributed by atoms with Crippen molar-refractivity contribution in [2.24, 2.45) is 0 Å². The zero-order valence-corrected chi connectivity index (χ0v) is 44.4. The average Bonchev–Trinajstić information content (AvgIpc) is 3.32. The van der Waals surface area contributed by atoms with E-state index in [1.807, 2.05) is 6.08 Å². The number of amides is 1. The predicted molar refractivity (Wildman–Crippen MR) is 287 cm³/mol. The maximum Gasteiger partial charge on any atom is 0.305 e. The van der Waals surface area contributed by atoms with Gasteiger partial charge in [0.05, 0.1) is 25.4 Å². The van der Waals surface area contributed by atoms with Crippen LogP contribution in [0.5, 0.6) is 0 Å². The molecule has 0 bridgehead atoms. The van der Waals surface area contributed by atoms with Gasteiger partial charge >= 0.3 is 5.97 Å². The Labute approximate surface area is 411 Å². The van der Waals surface area contributed by atoms with E-state index in [9.17, 15) is 19.8 Å². The van der Waals surface area contributed by atoms with E-state index in [1.165, 1.54) is 250 Å². The van der Waals surface area contributed by atoms with Crippen molar-refractivity contribution in [3.8, 4) is 0 Å². The van der Waals surface area contributed by atoms with Gasteiger partial charge in [-0.25, -0.2) is 0 Å². The molecule has 0 saturated heterocycles. The fraction of sp³-hybridized carbons (Fsp3) is 0.900. The van der Waals surface area contributed by atoms with Crippen molar-refractivity contribution in [2.45, 2.75) is 334 Å². The topological polar surface area (TPSA) is 95.9 Å². The zero-order chi connectivity index (χ0) is 47.9. The first-order valence-electron chi connectivity index (χ1n) is 29.6. The second-order valence-electron chi connectivity index (χ2n) is 20.3. The third kappa shape index (κ3) is 51.7. The Kier molecular flexibility index (Phi) is 54.5. The average molecular weight is 931 g/mol. The van der Waals surface area contributed by atoms with Crippen LogP contribution in [0.25, 0.3) is 0 Å². The number of carbonyl (C=O) groups excluding carboxylic acids is 2. The second kappa shape index (κ2) is 55.9. The Morgan fingerprint density at radius 1 is 0.409 bits per heavy atom. The highest BCUT2D eigenvalue weighted by Gasteiger charge is 2.18. The molecule has 390 valence electrons. The van der Waals surface area contributed by atoms with E-state index in [0.29, 0.717) is 19.4 Å². The number of aliphatic hydroxyl groups is 2. The number of aliphatic hydroxyl groups excluding tert-OH is 2. The van der Waals surface area contributed by atoms with E-state index < -0.39 is 12.1 Å². The molecule has 1 amide bonds. The third-order valence-electron chi connectivity index (χ3n) is 13.7. The van der Waals surface area contributed by atoms with Crippen LogP contribution in [0.2, 0.25) is 0 Å². The molecule has 0 rings (SSSR count). The van der Waals surface area contributed by atoms with Crippen LogP contribution in [0.15, 0.2) is 24.3 Å². The Balaban J connectivity index is 3.43. The lowest BCUT2D eigenvalue weighted by Crippen LogP contribution is -2.45. The van der Waals surface area contributed by atoms with Crippen LogP contribution in [0.4, 0.5) is 0 Å². The van der Waals surface area contributed by atoms with Gasteiger partial charge in [-0.15, -0.1) is 0 Å². The number of esters is 1. The first-order chi connectivity index (χ1) is 32.5. The summed E-state index contributed by atoms with van der Waals surface area (Å²) in [7, 11) is 0. The van der Waals surface area contributed by atoms with Crippen LogP contribution >= 0.6 is 0 Å². The molecule has 0 aliphatic heterocycles. The molecule has 0 fully saturated rings. The summed E-state index contributed by atoms with van der Waals surface area (Å²) in [4.78, 5) is 24.5. The van der Waals surface area contributed by atoms with Gasteiger partial charge < -0.3 is 20.3 Å². The Morgan fingerprint density at radius 3 is 1.08 bits per heavy atom. The van der Waals surface area contributed by atoms with Gasteiger partial charge in [-0.2, -0.15) is 0 Å². The number of carbonyl (C=O) groups is 2. The van der Waals surface area contributed by atoms with Gasteiger partial charge in [0, 0.05) is 12.8 Å². The summed E-state index contributed by atoms with van der Waals surface area (Å²) in [5.74, 6) is -0.0699. The van der Waals surface area contributed by atoms with Crippen LogP contribution in [0.3, 0.4) is 0 Å². The van der Waals surface area contributed by atoms with Gasteiger partial charge in [0.2, 0.25) is 5.91 Å². The van der Waals surface area contributed by atoms with Crippen molar-refractivity contribution in [1.82, 2.24) is 5.32 Å². The molecular weight excluding hydrogens is 815 g/mol. The van der Waals surface area contributed by atoms with E-state index in [4.69, 9.17) is 4.74 Å². The number of nitrogens with one attached hydrogen (secondary N) is 1. The quantitative estimate of drug-likeness (QED) is 0.0321. The highest BCUT2D eigenvalue weighted by Crippen LogP contribution is 2.17. The number of hydrogen-bond acceptors (Lipinski definition) is 5. The number of allylic oxidation sites excluding steroid dienone is 3. The predicted octanol–water partition coefficient (Wildman–Crippen LogP) is 18.2. The first-order valence-corrected chi connectivity index (χ1v) is 29.6. The van der Waals surface area contributed by atoms with E-state index in [-0.39, 0.29) is 18.5 Å². The highest BCUT2D eigenvalue weighted by molar-refractivity contribution is 5.76. The van der Waals surface area contributed by atoms with Gasteiger partial charge in [-0.3, -0.25) is 9.59 Å². The summed E-state index contributed by atoms with van der Waals surface area (Å²) in [5, 5.41) is 23.1. The molecule has 0 aromatic heterocycles. The molecule has 0 heterocycles. The molecule has 0 aromatic carbocycles. The Morgan fingerprint density at radius 2 is 0.712 bits per heavy atom. The van der Waals surface area contributed by atoms with E-state index in [1.54, 1.807) is 6.08 Å². The molecule has 0 aliphatic rings. The van der Waals surface area contributed by atoms with Crippen LogP contribution in [-0.4, -0.2) is 47.4 Å². The summed E-state index contributed by atoms with van der Waals surface area (Å²) >= 11 is 0. The molecule has 3 N–H and O–H groups in total. The lowest BCUT2D eigenvalue weighted by molar-refractivity contribution is -0.143. The summed E-state index contributed by atoms with van der Waals surface area (Å²) in [6.45, 7) is 4.90. The van der Waals surface area contributed by atoms with Crippen LogP contribution in [0.1, 0.15) is 322 Å². The minimum Gasteiger partial charge on any atom is -0.466 e. The zero-order valence-electron chi connectivity index (χ0n) is 44.4. The van der Waals surface area contributed by atoms with E-state index in [0.717, 1.165) is 44.9 Å². The molecular formula is C60H115NO5. The maximum absolute atomic E-state index is 12.4. The molecule has 0 spiro atoms. The van der Waals surface area contributed by atoms with Crippen LogP contribution in [-0.2, 0) is 14.3 Å². The van der Waals surface area contributed by atoms with Gasteiger partial charge in [-0.05, 0) is 57.8 Å². The lowest BCUT2D eigenvalue weighted by Gasteiger charge is -2.20. The minimum absolute atomic E-state index is 0.00721. The van der Waals surface area contributed by atoms with Gasteiger partial charge in [0.1, 0.15) is 0 Å². The lowest BCUT2D eigenvalue weighted by atomic mass is 10.0. The third-order valence-corrected chi connectivity index (χ3v) is 13.7. The van der Waals surface area contributed by atoms with Gasteiger partial charge in [0.15, 0.2) is 0 Å². The van der Waals surface area contributed by atoms with Crippen molar-refractivity contribution < 1.29 is 24.5 Å². The Hall–Kier alpha value is -1.66. The molecule has 0 radical (unpaired) electrons. The largest absolute Gasteiger partial charge is 0.466 e. The molecule has 6 nitrogen and oxygen atoms in total. The number of hydrogen-bond donors (Lipinski definition) is 3. The fourth-order valence-corrected chi connectivity index (χ4v) is 9.16. The SMILES string of the molecule is CCCCCCCCCCCCC/C=C/C(O)C(CO)NC(=O)CCCCCCCCC/C=C\CCCCCCCCCCOC(=O)CCCCCCCCCCCCCCCCCCC. The minimum atomic E-state index is -0.849. The van der Waals surface area contributed by atoms with Crippen molar-refractivity contribution in [3.63, 3.8) is 0 Å². The summed E-state index contributed by atoms with van der Waals surface area (Å²) in [6.07, 6.45) is 67.8. The molecule has 0 saturated carbocycles. The van der Waals surface area contributed by atoms with Gasteiger partial charge in [-0.1, -0.05) is 276 Å². The smallest absolute Gasteiger partial charge is 0.305 e. The standard InChI is InChI=1S/C60H115NO5/c1-3-5-7-9-11-13-15-17-18-22-26-30-34-38-42-46-50-54-60(65)66-55-51-47-43-39-35-31-27-24-21-19-20-23-25-29-33-37-41-45-49-53-59(64)61-57(56-62)58(63)52-48-44-40-36-32-28-16-14-12-10-8-6-4-2/h19-20,48,52,57-58,62-63H,3-18,21-47,49-51,53-56H2,1-2H3,(H,61,64)/b20-19-,52-48+. The number of rotatable bonds is 55. The van der Waals surface area contributed by atoms with Crippen LogP contribution < -0.4 is 5.32 Å². The van der Waals surface area contributed by atoms with E-state index in [2.05, 4.69) is 31.3 Å². The number of ether oxygens (including phenoxy) is 1. The van der Waals surface area contributed by atoms with Crippen molar-refractivity contribution in [3.05, 3.63) is 24.3 Å². The van der Waals surface area contributed by atoms with Crippen molar-refractivity contribution >= 4 is 11.9 Å². The summed E-state index contributed by atoms with van der Waals surface area (Å²) in [5.41, 5.74) is 0. The molecule has 0 aromatic rings. The maximum atomic E-state index is 12.4. The molecule has 2 atom stereocenters. The van der Waals surface area contributed by atoms with Crippen molar-refractivity contribution in [2.75, 3.05) is 13.2 Å². The van der Waals surface area contributed by atoms with E-state index >= 15 is 0 Å². The molecule has 0 aliphatic carbocycles. The molecule has 6 heteroatoms. The summed E-state index contributed by atoms with van der Waals surface area (Å²) in [6, 6.07) is -0.634. The fourth-order valence-electron chi connectivity index (χ4n) is 9.16. The molecule has 66 heavy (non-hydrogen) atoms. The van der Waals surface area contributed by atoms with Crippen LogP contribution in [0, 0.1) is 0 Å². The van der Waals surface area contributed by atoms with Gasteiger partial charge in [0.25, 0.3) is 0 Å². The molecule has 2 unspecified atom stereocenters. The number of unbranched alkanes of at least 4 members (excludes halogenated alkanes) is 42. The summed E-state index contributed by atoms with van der Waals surface area (Å²) < 4.78 is 5.49. The second-order valence-corrected chi connectivity index (χ2v) is 20.3. The monoisotopic (exact) mass is 930 g/mol. The highest BCUT2D eigenvalue weighted by atomic mass is 16.5. The Bertz CT molecular complexity index is 1030. The first kappa shape index (κ1) is 64.3. The normalized spacial score (nSPS) is 12.7.